The Labute approximate surface area is 125 Å². The van der Waals surface area contributed by atoms with Gasteiger partial charge in [-0.25, -0.2) is 4.79 Å². The molecule has 2 rings (SSSR count). The van der Waals surface area contributed by atoms with E-state index >= 15 is 0 Å². The van der Waals surface area contributed by atoms with Crippen LogP contribution in [0.4, 0.5) is 4.79 Å². The molecular weight excluding hydrogens is 270 g/mol. The molecule has 21 heavy (non-hydrogen) atoms. The Hall–Kier alpha value is -1.56. The highest BCUT2D eigenvalue weighted by Gasteiger charge is 2.27. The van der Waals surface area contributed by atoms with Gasteiger partial charge in [0.1, 0.15) is 5.60 Å². The zero-order chi connectivity index (χ0) is 15.5. The number of aromatic nitrogens is 1. The lowest BCUT2D eigenvalue weighted by atomic mass is 10.1. The van der Waals surface area contributed by atoms with Crippen molar-refractivity contribution in [2.45, 2.75) is 58.7 Å². The molecule has 1 atom stereocenters. The van der Waals surface area contributed by atoms with Gasteiger partial charge in [-0.05, 0) is 40.5 Å². The zero-order valence-corrected chi connectivity index (χ0v) is 13.3. The van der Waals surface area contributed by atoms with Crippen LogP contribution in [0.2, 0.25) is 0 Å². The van der Waals surface area contributed by atoms with E-state index < -0.39 is 5.60 Å². The number of ether oxygens (including phenoxy) is 1. The molecule has 6 nitrogen and oxygen atoms in total. The molecule has 0 spiro atoms. The monoisotopic (exact) mass is 295 g/mol. The van der Waals surface area contributed by atoms with Crippen LogP contribution in [0.1, 0.15) is 45.1 Å². The van der Waals surface area contributed by atoms with Crippen molar-refractivity contribution in [2.75, 3.05) is 13.1 Å². The van der Waals surface area contributed by atoms with Crippen molar-refractivity contribution in [3.63, 3.8) is 0 Å². The van der Waals surface area contributed by atoms with E-state index in [-0.39, 0.29) is 12.1 Å². The summed E-state index contributed by atoms with van der Waals surface area (Å²) >= 11 is 0. The van der Waals surface area contributed by atoms with Crippen LogP contribution in [0.3, 0.4) is 0 Å². The summed E-state index contributed by atoms with van der Waals surface area (Å²) in [5, 5.41) is 7.28. The first-order valence-corrected chi connectivity index (χ1v) is 7.47. The fourth-order valence-electron chi connectivity index (χ4n) is 2.38. The first-order chi connectivity index (χ1) is 9.83. The predicted octanol–water partition coefficient (Wildman–Crippen LogP) is 2.47. The molecule has 0 radical (unpaired) electrons. The largest absolute Gasteiger partial charge is 0.444 e. The molecule has 1 aliphatic rings. The van der Waals surface area contributed by atoms with E-state index in [1.165, 1.54) is 0 Å². The van der Waals surface area contributed by atoms with Gasteiger partial charge in [0.25, 0.3) is 0 Å². The topological polar surface area (TPSA) is 67.6 Å². The summed E-state index contributed by atoms with van der Waals surface area (Å²) in [6, 6.07) is 2.18. The fraction of sp³-hybridized carbons (Fsp3) is 0.733. The zero-order valence-electron chi connectivity index (χ0n) is 13.3. The van der Waals surface area contributed by atoms with Crippen LogP contribution in [-0.2, 0) is 11.3 Å². The summed E-state index contributed by atoms with van der Waals surface area (Å²) in [6.45, 7) is 9.62. The number of carbonyl (C=O) groups excluding carboxylic acids is 1. The highest BCUT2D eigenvalue weighted by molar-refractivity contribution is 5.68. The average molecular weight is 295 g/mol. The second kappa shape index (κ2) is 6.47. The highest BCUT2D eigenvalue weighted by atomic mass is 16.6. The lowest BCUT2D eigenvalue weighted by Crippen LogP contribution is -2.49. The minimum atomic E-state index is -0.450. The van der Waals surface area contributed by atoms with Crippen molar-refractivity contribution in [3.05, 3.63) is 17.5 Å². The van der Waals surface area contributed by atoms with Gasteiger partial charge in [0.05, 0.1) is 12.2 Å². The Morgan fingerprint density at radius 2 is 2.33 bits per heavy atom. The molecule has 1 amide bonds. The van der Waals surface area contributed by atoms with Crippen molar-refractivity contribution in [2.24, 2.45) is 0 Å². The van der Waals surface area contributed by atoms with Crippen molar-refractivity contribution >= 4 is 6.09 Å². The van der Waals surface area contributed by atoms with E-state index in [0.29, 0.717) is 13.1 Å². The van der Waals surface area contributed by atoms with Gasteiger partial charge in [0.15, 0.2) is 5.76 Å². The molecular formula is C15H25N3O3. The van der Waals surface area contributed by atoms with Crippen molar-refractivity contribution in [1.29, 1.82) is 0 Å². The molecule has 0 bridgehead atoms. The molecule has 1 saturated heterocycles. The molecule has 1 unspecified atom stereocenters. The molecule has 1 N–H and O–H groups in total. The molecule has 6 heteroatoms. The number of amides is 1. The van der Waals surface area contributed by atoms with Gasteiger partial charge >= 0.3 is 6.09 Å². The number of rotatable bonds is 3. The van der Waals surface area contributed by atoms with E-state index in [9.17, 15) is 4.79 Å². The third-order valence-electron chi connectivity index (χ3n) is 3.31. The molecule has 1 aliphatic heterocycles. The Balaban J connectivity index is 1.81. The number of piperidine rings is 1. The van der Waals surface area contributed by atoms with Gasteiger partial charge in [-0.1, -0.05) is 5.16 Å². The third kappa shape index (κ3) is 5.04. The molecule has 2 heterocycles. The van der Waals surface area contributed by atoms with Crippen LogP contribution in [0, 0.1) is 6.92 Å². The summed E-state index contributed by atoms with van der Waals surface area (Å²) in [4.78, 5) is 13.9. The van der Waals surface area contributed by atoms with E-state index in [2.05, 4.69) is 10.5 Å². The first kappa shape index (κ1) is 15.8. The lowest BCUT2D eigenvalue weighted by Gasteiger charge is -2.34. The Bertz CT molecular complexity index is 479. The van der Waals surface area contributed by atoms with Crippen LogP contribution >= 0.6 is 0 Å². The molecule has 0 aromatic carbocycles. The third-order valence-corrected chi connectivity index (χ3v) is 3.31. The molecule has 0 saturated carbocycles. The Kier molecular flexibility index (Phi) is 4.88. The van der Waals surface area contributed by atoms with Crippen LogP contribution in [0.15, 0.2) is 10.6 Å². The second-order valence-electron chi connectivity index (χ2n) is 6.58. The number of hydrogen-bond acceptors (Lipinski definition) is 5. The smallest absolute Gasteiger partial charge is 0.410 e. The predicted molar refractivity (Wildman–Crippen MR) is 78.9 cm³/mol. The molecule has 0 aliphatic carbocycles. The van der Waals surface area contributed by atoms with Gasteiger partial charge < -0.3 is 19.5 Å². The molecule has 1 fully saturated rings. The van der Waals surface area contributed by atoms with Gasteiger partial charge in [-0.2, -0.15) is 0 Å². The standard InChI is InChI=1S/C15H25N3O3/c1-11-8-13(21-17-11)9-16-12-6-5-7-18(10-12)14(19)20-15(2,3)4/h8,12,16H,5-7,9-10H2,1-4H3. The van der Waals surface area contributed by atoms with Gasteiger partial charge in [-0.3, -0.25) is 0 Å². The highest BCUT2D eigenvalue weighted by Crippen LogP contribution is 2.16. The minimum absolute atomic E-state index is 0.232. The first-order valence-electron chi connectivity index (χ1n) is 7.47. The molecule has 1 aromatic rings. The summed E-state index contributed by atoms with van der Waals surface area (Å²) < 4.78 is 10.6. The van der Waals surface area contributed by atoms with Crippen LogP contribution in [0.5, 0.6) is 0 Å². The van der Waals surface area contributed by atoms with Gasteiger partial charge in [0.2, 0.25) is 0 Å². The summed E-state index contributed by atoms with van der Waals surface area (Å²) in [6.07, 6.45) is 1.79. The van der Waals surface area contributed by atoms with E-state index in [1.807, 2.05) is 33.8 Å². The number of nitrogens with one attached hydrogen (secondary N) is 1. The maximum Gasteiger partial charge on any atom is 0.410 e. The lowest BCUT2D eigenvalue weighted by molar-refractivity contribution is 0.0186. The SMILES string of the molecule is Cc1cc(CNC2CCCN(C(=O)OC(C)(C)C)C2)on1. The van der Waals surface area contributed by atoms with Crippen LogP contribution < -0.4 is 5.32 Å². The van der Waals surface area contributed by atoms with E-state index in [1.54, 1.807) is 4.90 Å². The number of hydrogen-bond donors (Lipinski definition) is 1. The van der Waals surface area contributed by atoms with Gasteiger partial charge in [0, 0.05) is 25.2 Å². The van der Waals surface area contributed by atoms with Crippen LogP contribution in [-0.4, -0.2) is 40.9 Å². The maximum atomic E-state index is 12.1. The number of aryl methyl sites for hydroxylation is 1. The number of nitrogens with zero attached hydrogens (tertiary/aromatic N) is 2. The van der Waals surface area contributed by atoms with Gasteiger partial charge in [-0.15, -0.1) is 0 Å². The average Bonchev–Trinajstić information content (AvgIpc) is 2.81. The van der Waals surface area contributed by atoms with Crippen molar-refractivity contribution in [3.8, 4) is 0 Å². The molecule has 118 valence electrons. The number of carbonyl (C=O) groups is 1. The maximum absolute atomic E-state index is 12.1. The second-order valence-corrected chi connectivity index (χ2v) is 6.58. The normalized spacial score (nSPS) is 19.6. The van der Waals surface area contributed by atoms with E-state index in [0.717, 1.165) is 30.8 Å². The van der Waals surface area contributed by atoms with Crippen LogP contribution in [0.25, 0.3) is 0 Å². The summed E-state index contributed by atoms with van der Waals surface area (Å²) in [5.41, 5.74) is 0.431. The summed E-state index contributed by atoms with van der Waals surface area (Å²) in [7, 11) is 0. The van der Waals surface area contributed by atoms with Crippen molar-refractivity contribution < 1.29 is 14.1 Å². The Morgan fingerprint density at radius 3 is 2.95 bits per heavy atom. The quantitative estimate of drug-likeness (QED) is 0.928. The Morgan fingerprint density at radius 1 is 1.57 bits per heavy atom. The fourth-order valence-corrected chi connectivity index (χ4v) is 2.38. The van der Waals surface area contributed by atoms with Crippen molar-refractivity contribution in [1.82, 2.24) is 15.4 Å². The molecule has 1 aromatic heterocycles. The summed E-state index contributed by atoms with van der Waals surface area (Å²) in [5.74, 6) is 0.821. The minimum Gasteiger partial charge on any atom is -0.444 e. The number of likely N-dealkylation sites (tertiary alicyclic amines) is 1. The van der Waals surface area contributed by atoms with E-state index in [4.69, 9.17) is 9.26 Å².